The van der Waals surface area contributed by atoms with E-state index in [0.717, 1.165) is 11.3 Å². The zero-order valence-corrected chi connectivity index (χ0v) is 6.07. The lowest BCUT2D eigenvalue weighted by Gasteiger charge is -1.94. The molecule has 56 valence electrons. The van der Waals surface area contributed by atoms with Gasteiger partial charge in [0, 0.05) is 5.69 Å². The van der Waals surface area contributed by atoms with E-state index >= 15 is 0 Å². The summed E-state index contributed by atoms with van der Waals surface area (Å²) in [6, 6.07) is 7.47. The highest BCUT2D eigenvalue weighted by Crippen LogP contribution is 2.05. The van der Waals surface area contributed by atoms with Crippen LogP contribution in [0.25, 0.3) is 5.53 Å². The van der Waals surface area contributed by atoms with Crippen LogP contribution < -0.4 is 5.73 Å². The Hall–Kier alpha value is -1.60. The molecule has 0 spiro atoms. The van der Waals surface area contributed by atoms with Gasteiger partial charge in [-0.25, -0.2) is 0 Å². The minimum Gasteiger partial charge on any atom is -0.399 e. The highest BCUT2D eigenvalue weighted by Gasteiger charge is 1.92. The van der Waals surface area contributed by atoms with Crippen molar-refractivity contribution in [3.8, 4) is 0 Å². The van der Waals surface area contributed by atoms with Gasteiger partial charge in [-0.1, -0.05) is 12.1 Å². The molecule has 11 heavy (non-hydrogen) atoms. The summed E-state index contributed by atoms with van der Waals surface area (Å²) < 4.78 is 0. The molecule has 0 aliphatic heterocycles. The lowest BCUT2D eigenvalue weighted by atomic mass is 10.1. The fraction of sp³-hybridized carbons (Fsp3) is 0.125. The maximum Gasteiger partial charge on any atom is 0.261 e. The van der Waals surface area contributed by atoms with Crippen LogP contribution in [0.2, 0.25) is 0 Å². The molecule has 0 unspecified atom stereocenters. The van der Waals surface area contributed by atoms with Crippen LogP contribution in [-0.4, -0.2) is 11.0 Å². The molecule has 0 aliphatic carbocycles. The fourth-order valence-corrected chi connectivity index (χ4v) is 0.866. The third-order valence-corrected chi connectivity index (χ3v) is 1.36. The van der Waals surface area contributed by atoms with Gasteiger partial charge in [0.1, 0.15) is 0 Å². The largest absolute Gasteiger partial charge is 0.399 e. The SMILES string of the molecule is [N-]=[N+]=CCc1cccc(N)c1. The number of benzene rings is 1. The molecule has 0 aliphatic rings. The molecule has 1 aromatic carbocycles. The van der Waals surface area contributed by atoms with Gasteiger partial charge in [0.2, 0.25) is 0 Å². The number of nitrogens with zero attached hydrogens (tertiary/aromatic N) is 2. The Bertz CT molecular complexity index is 287. The van der Waals surface area contributed by atoms with E-state index in [4.69, 9.17) is 11.3 Å². The monoisotopic (exact) mass is 147 g/mol. The van der Waals surface area contributed by atoms with E-state index in [-0.39, 0.29) is 0 Å². The van der Waals surface area contributed by atoms with Crippen molar-refractivity contribution in [2.45, 2.75) is 6.42 Å². The maximum atomic E-state index is 8.14. The second-order valence-corrected chi connectivity index (χ2v) is 2.25. The molecule has 1 aromatic rings. The molecule has 0 saturated carbocycles. The molecule has 0 fully saturated rings. The maximum absolute atomic E-state index is 8.14. The average Bonchev–Trinajstić information content (AvgIpc) is 2.01. The zero-order valence-electron chi connectivity index (χ0n) is 6.07. The summed E-state index contributed by atoms with van der Waals surface area (Å²) in [7, 11) is 0. The Morgan fingerprint density at radius 3 is 3.00 bits per heavy atom. The Balaban J connectivity index is 2.79. The van der Waals surface area contributed by atoms with Gasteiger partial charge in [-0.15, -0.1) is 0 Å². The first-order valence-corrected chi connectivity index (χ1v) is 3.33. The molecule has 0 radical (unpaired) electrons. The van der Waals surface area contributed by atoms with Gasteiger partial charge in [-0.2, -0.15) is 4.79 Å². The van der Waals surface area contributed by atoms with Crippen LogP contribution in [0.1, 0.15) is 5.56 Å². The van der Waals surface area contributed by atoms with Crippen molar-refractivity contribution in [1.82, 2.24) is 0 Å². The molecule has 0 heterocycles. The lowest BCUT2D eigenvalue weighted by molar-refractivity contribution is 0.00158. The summed E-state index contributed by atoms with van der Waals surface area (Å²) in [6.45, 7) is 0. The number of nitrogens with two attached hydrogens (primary N) is 1. The molecule has 0 bridgehead atoms. The summed E-state index contributed by atoms with van der Waals surface area (Å²) >= 11 is 0. The number of nitrogen functional groups attached to an aromatic ring is 1. The number of rotatable bonds is 2. The minimum atomic E-state index is 0.613. The normalized spacial score (nSPS) is 8.73. The highest BCUT2D eigenvalue weighted by molar-refractivity contribution is 5.57. The standard InChI is InChI=1S/C8H9N3/c9-8-3-1-2-7(6-8)4-5-11-10/h1-3,5-6H,4,9H2. The third kappa shape index (κ3) is 2.24. The van der Waals surface area contributed by atoms with Crippen molar-refractivity contribution in [3.05, 3.63) is 35.4 Å². The van der Waals surface area contributed by atoms with Crippen LogP contribution >= 0.6 is 0 Å². The molecule has 0 aromatic heterocycles. The fourth-order valence-electron chi connectivity index (χ4n) is 0.866. The summed E-state index contributed by atoms with van der Waals surface area (Å²) in [6.07, 6.45) is 2.04. The van der Waals surface area contributed by atoms with Crippen molar-refractivity contribution < 1.29 is 4.79 Å². The molecule has 3 nitrogen and oxygen atoms in total. The van der Waals surface area contributed by atoms with Crippen LogP contribution in [0.4, 0.5) is 5.69 Å². The van der Waals surface area contributed by atoms with E-state index in [1.807, 2.05) is 24.3 Å². The highest BCUT2D eigenvalue weighted by atomic mass is 14.8. The second-order valence-electron chi connectivity index (χ2n) is 2.25. The van der Waals surface area contributed by atoms with E-state index in [1.54, 1.807) is 0 Å². The van der Waals surface area contributed by atoms with Crippen LogP contribution in [0, 0.1) is 0 Å². The Kier molecular flexibility index (Phi) is 2.42. The smallest absolute Gasteiger partial charge is 0.261 e. The first-order chi connectivity index (χ1) is 5.33. The summed E-state index contributed by atoms with van der Waals surface area (Å²) in [5.74, 6) is 0. The van der Waals surface area contributed by atoms with Crippen molar-refractivity contribution in [1.29, 1.82) is 0 Å². The molecule has 1 rings (SSSR count). The van der Waals surface area contributed by atoms with Crippen LogP contribution in [0.3, 0.4) is 0 Å². The number of hydrogen-bond donors (Lipinski definition) is 1. The predicted octanol–water partition coefficient (Wildman–Crippen LogP) is 1.11. The van der Waals surface area contributed by atoms with Crippen molar-refractivity contribution in [2.75, 3.05) is 5.73 Å². The van der Waals surface area contributed by atoms with Crippen molar-refractivity contribution in [2.24, 2.45) is 0 Å². The molecule has 0 saturated heterocycles. The van der Waals surface area contributed by atoms with Gasteiger partial charge >= 0.3 is 0 Å². The first kappa shape index (κ1) is 7.51. The number of anilines is 1. The van der Waals surface area contributed by atoms with E-state index in [2.05, 4.69) is 4.79 Å². The third-order valence-electron chi connectivity index (χ3n) is 1.36. The average molecular weight is 147 g/mol. The van der Waals surface area contributed by atoms with Crippen molar-refractivity contribution in [3.63, 3.8) is 0 Å². The van der Waals surface area contributed by atoms with Gasteiger partial charge in [0.25, 0.3) is 6.21 Å². The molecular formula is C8H9N3. The summed E-state index contributed by atoms with van der Waals surface area (Å²) in [5.41, 5.74) is 15.4. The minimum absolute atomic E-state index is 0.613. The first-order valence-electron chi connectivity index (χ1n) is 3.33. The van der Waals surface area contributed by atoms with E-state index in [1.165, 1.54) is 6.21 Å². The van der Waals surface area contributed by atoms with E-state index in [9.17, 15) is 0 Å². The van der Waals surface area contributed by atoms with Crippen LogP contribution in [-0.2, 0) is 6.42 Å². The Morgan fingerprint density at radius 2 is 2.36 bits per heavy atom. The predicted molar refractivity (Wildman–Crippen MR) is 44.2 cm³/mol. The lowest BCUT2D eigenvalue weighted by Crippen LogP contribution is -1.89. The van der Waals surface area contributed by atoms with Gasteiger partial charge < -0.3 is 11.3 Å². The van der Waals surface area contributed by atoms with E-state index in [0.29, 0.717) is 6.42 Å². The second kappa shape index (κ2) is 3.54. The summed E-state index contributed by atoms with van der Waals surface area (Å²) in [5, 5.41) is 0. The molecule has 2 N–H and O–H groups in total. The topological polar surface area (TPSA) is 62.4 Å². The number of hydrogen-bond acceptors (Lipinski definition) is 1. The van der Waals surface area contributed by atoms with Crippen LogP contribution in [0.5, 0.6) is 0 Å². The van der Waals surface area contributed by atoms with Gasteiger partial charge in [0.05, 0.1) is 6.42 Å². The molecular weight excluding hydrogens is 138 g/mol. The van der Waals surface area contributed by atoms with Gasteiger partial charge in [-0.05, 0) is 17.7 Å². The van der Waals surface area contributed by atoms with Gasteiger partial charge in [0.15, 0.2) is 0 Å². The summed E-state index contributed by atoms with van der Waals surface area (Å²) in [4.78, 5) is 2.89. The Morgan fingerprint density at radius 1 is 1.55 bits per heavy atom. The van der Waals surface area contributed by atoms with Crippen LogP contribution in [0.15, 0.2) is 24.3 Å². The zero-order chi connectivity index (χ0) is 8.10. The molecule has 0 atom stereocenters. The molecule has 0 amide bonds. The van der Waals surface area contributed by atoms with E-state index < -0.39 is 0 Å². The Labute approximate surface area is 65.1 Å². The molecule has 3 heteroatoms. The quantitative estimate of drug-likeness (QED) is 0.289. The van der Waals surface area contributed by atoms with Crippen molar-refractivity contribution >= 4 is 11.9 Å². The van der Waals surface area contributed by atoms with Gasteiger partial charge in [-0.3, -0.25) is 0 Å².